The summed E-state index contributed by atoms with van der Waals surface area (Å²) in [5.41, 5.74) is 6.39. The Morgan fingerprint density at radius 2 is 2.19 bits per heavy atom. The second-order valence-electron chi connectivity index (χ2n) is 3.31. The lowest BCUT2D eigenvalue weighted by Crippen LogP contribution is -2.09. The number of nitrogen functional groups attached to an aromatic ring is 1. The number of rotatable bonds is 3. The average Bonchev–Trinajstić information content (AvgIpc) is 2.21. The predicted octanol–water partition coefficient (Wildman–Crippen LogP) is 1.20. The van der Waals surface area contributed by atoms with Gasteiger partial charge in [-0.1, -0.05) is 12.1 Å². The number of methoxy groups -OCH3 is 1. The number of hydrogen-bond donors (Lipinski definition) is 1. The van der Waals surface area contributed by atoms with E-state index in [9.17, 15) is 14.9 Å². The van der Waals surface area contributed by atoms with E-state index in [0.717, 1.165) is 0 Å². The molecule has 0 saturated heterocycles. The molecule has 0 fully saturated rings. The third-order valence-electron chi connectivity index (χ3n) is 2.25. The van der Waals surface area contributed by atoms with Crippen molar-refractivity contribution in [3.63, 3.8) is 0 Å². The third kappa shape index (κ3) is 2.28. The number of nitrogens with zero attached hydrogens (tertiary/aromatic N) is 1. The molecule has 0 radical (unpaired) electrons. The average molecular weight is 224 g/mol. The van der Waals surface area contributed by atoms with Crippen molar-refractivity contribution in [3.05, 3.63) is 33.4 Å². The molecule has 0 aliphatic rings. The van der Waals surface area contributed by atoms with Crippen LogP contribution < -0.4 is 5.73 Å². The normalized spacial score (nSPS) is 9.88. The number of carbonyl (C=O) groups excluding carboxylic acids is 1. The zero-order chi connectivity index (χ0) is 12.3. The lowest BCUT2D eigenvalue weighted by atomic mass is 10.0. The van der Waals surface area contributed by atoms with E-state index < -0.39 is 10.9 Å². The van der Waals surface area contributed by atoms with Gasteiger partial charge in [-0.05, 0) is 12.5 Å². The first-order chi connectivity index (χ1) is 7.47. The zero-order valence-corrected chi connectivity index (χ0v) is 9.02. The minimum absolute atomic E-state index is 0.0235. The maximum atomic E-state index is 11.1. The van der Waals surface area contributed by atoms with Gasteiger partial charge in [-0.25, -0.2) is 0 Å². The van der Waals surface area contributed by atoms with Crippen LogP contribution in [0.3, 0.4) is 0 Å². The monoisotopic (exact) mass is 224 g/mol. The fourth-order valence-electron chi connectivity index (χ4n) is 1.38. The molecule has 16 heavy (non-hydrogen) atoms. The first-order valence-electron chi connectivity index (χ1n) is 4.56. The summed E-state index contributed by atoms with van der Waals surface area (Å²) in [5, 5.41) is 10.8. The van der Waals surface area contributed by atoms with Gasteiger partial charge in [0.15, 0.2) is 0 Å². The van der Waals surface area contributed by atoms with Crippen LogP contribution >= 0.6 is 0 Å². The van der Waals surface area contributed by atoms with Gasteiger partial charge < -0.3 is 10.5 Å². The summed E-state index contributed by atoms with van der Waals surface area (Å²) in [6.45, 7) is 1.59. The number of nitro groups is 1. The number of hydrogen-bond acceptors (Lipinski definition) is 5. The van der Waals surface area contributed by atoms with E-state index in [0.29, 0.717) is 11.1 Å². The van der Waals surface area contributed by atoms with Crippen molar-refractivity contribution in [2.75, 3.05) is 12.8 Å². The fourth-order valence-corrected chi connectivity index (χ4v) is 1.38. The van der Waals surface area contributed by atoms with E-state index in [1.807, 2.05) is 0 Å². The zero-order valence-electron chi connectivity index (χ0n) is 9.02. The van der Waals surface area contributed by atoms with Crippen LogP contribution in [0.2, 0.25) is 0 Å². The SMILES string of the molecule is COC(=O)Cc1ccc(C)c([N+](=O)[O-])c1N. The topological polar surface area (TPSA) is 95.5 Å². The van der Waals surface area contributed by atoms with Crippen LogP contribution in [0.4, 0.5) is 11.4 Å². The van der Waals surface area contributed by atoms with Crippen LogP contribution in [0.25, 0.3) is 0 Å². The highest BCUT2D eigenvalue weighted by Crippen LogP contribution is 2.29. The number of benzene rings is 1. The maximum Gasteiger partial charge on any atom is 0.310 e. The van der Waals surface area contributed by atoms with Crippen molar-refractivity contribution in [2.45, 2.75) is 13.3 Å². The highest BCUT2D eigenvalue weighted by molar-refractivity contribution is 5.77. The molecule has 6 heteroatoms. The molecule has 1 aromatic rings. The van der Waals surface area contributed by atoms with Crippen LogP contribution in [0.15, 0.2) is 12.1 Å². The molecule has 0 atom stereocenters. The first-order valence-corrected chi connectivity index (χ1v) is 4.56. The van der Waals surface area contributed by atoms with Crippen LogP contribution in [-0.4, -0.2) is 18.0 Å². The molecule has 1 aromatic carbocycles. The summed E-state index contributed by atoms with van der Waals surface area (Å²) in [4.78, 5) is 21.3. The minimum Gasteiger partial charge on any atom is -0.469 e. The number of nitrogens with two attached hydrogens (primary N) is 1. The predicted molar refractivity (Wildman–Crippen MR) is 58.0 cm³/mol. The molecule has 0 bridgehead atoms. The molecule has 0 unspecified atom stereocenters. The van der Waals surface area contributed by atoms with Crippen molar-refractivity contribution < 1.29 is 14.5 Å². The molecule has 0 heterocycles. The smallest absolute Gasteiger partial charge is 0.310 e. The Kier molecular flexibility index (Phi) is 3.44. The summed E-state index contributed by atoms with van der Waals surface area (Å²) >= 11 is 0. The Hall–Kier alpha value is -2.11. The summed E-state index contributed by atoms with van der Waals surface area (Å²) in [6.07, 6.45) is -0.0660. The lowest BCUT2D eigenvalue weighted by molar-refractivity contribution is -0.384. The summed E-state index contributed by atoms with van der Waals surface area (Å²) in [7, 11) is 1.25. The molecule has 0 aliphatic heterocycles. The van der Waals surface area contributed by atoms with E-state index in [2.05, 4.69) is 4.74 Å². The Balaban J connectivity index is 3.18. The van der Waals surface area contributed by atoms with Gasteiger partial charge in [0, 0.05) is 5.56 Å². The molecule has 0 aliphatic carbocycles. The molecule has 86 valence electrons. The number of nitro benzene ring substituents is 1. The Morgan fingerprint density at radius 3 is 2.69 bits per heavy atom. The number of ether oxygens (including phenoxy) is 1. The minimum atomic E-state index is -0.550. The highest BCUT2D eigenvalue weighted by atomic mass is 16.6. The summed E-state index contributed by atoms with van der Waals surface area (Å²) < 4.78 is 4.48. The van der Waals surface area contributed by atoms with E-state index in [-0.39, 0.29) is 17.8 Å². The van der Waals surface area contributed by atoms with Crippen molar-refractivity contribution in [1.29, 1.82) is 0 Å². The van der Waals surface area contributed by atoms with Gasteiger partial charge in [0.1, 0.15) is 5.69 Å². The Morgan fingerprint density at radius 1 is 1.56 bits per heavy atom. The summed E-state index contributed by atoms with van der Waals surface area (Å²) in [6, 6.07) is 3.15. The van der Waals surface area contributed by atoms with E-state index in [1.54, 1.807) is 19.1 Å². The molecule has 1 rings (SSSR count). The molecular weight excluding hydrogens is 212 g/mol. The first kappa shape index (κ1) is 12.0. The van der Waals surface area contributed by atoms with E-state index in [4.69, 9.17) is 5.73 Å². The largest absolute Gasteiger partial charge is 0.469 e. The van der Waals surface area contributed by atoms with Crippen LogP contribution in [-0.2, 0) is 16.0 Å². The van der Waals surface area contributed by atoms with Gasteiger partial charge in [0.05, 0.1) is 18.5 Å². The number of carbonyl (C=O) groups is 1. The van der Waals surface area contributed by atoms with Crippen LogP contribution in [0, 0.1) is 17.0 Å². The van der Waals surface area contributed by atoms with E-state index >= 15 is 0 Å². The molecule has 6 nitrogen and oxygen atoms in total. The maximum absolute atomic E-state index is 11.1. The van der Waals surface area contributed by atoms with Crippen molar-refractivity contribution >= 4 is 17.3 Å². The number of aryl methyl sites for hydroxylation is 1. The summed E-state index contributed by atoms with van der Waals surface area (Å²) in [5.74, 6) is -0.482. The Bertz CT molecular complexity index is 443. The molecule has 0 aromatic heterocycles. The highest BCUT2D eigenvalue weighted by Gasteiger charge is 2.19. The standard InChI is InChI=1S/C10H12N2O4/c1-6-3-4-7(5-8(13)16-2)9(11)10(6)12(14)15/h3-4H,5,11H2,1-2H3. The number of esters is 1. The Labute approximate surface area is 92.2 Å². The van der Waals surface area contributed by atoms with Gasteiger partial charge in [-0.15, -0.1) is 0 Å². The molecular formula is C10H12N2O4. The van der Waals surface area contributed by atoms with Gasteiger partial charge in [-0.2, -0.15) is 0 Å². The quantitative estimate of drug-likeness (QED) is 0.360. The van der Waals surface area contributed by atoms with Crippen molar-refractivity contribution in [3.8, 4) is 0 Å². The van der Waals surface area contributed by atoms with Gasteiger partial charge in [-0.3, -0.25) is 14.9 Å². The van der Waals surface area contributed by atoms with Crippen LogP contribution in [0.5, 0.6) is 0 Å². The lowest BCUT2D eigenvalue weighted by Gasteiger charge is -2.06. The molecule has 2 N–H and O–H groups in total. The molecule has 0 spiro atoms. The van der Waals surface area contributed by atoms with Gasteiger partial charge in [0.25, 0.3) is 5.69 Å². The third-order valence-corrected chi connectivity index (χ3v) is 2.25. The number of anilines is 1. The second-order valence-corrected chi connectivity index (χ2v) is 3.31. The fraction of sp³-hybridized carbons (Fsp3) is 0.300. The van der Waals surface area contributed by atoms with Crippen molar-refractivity contribution in [1.82, 2.24) is 0 Å². The molecule has 0 amide bonds. The second kappa shape index (κ2) is 4.61. The van der Waals surface area contributed by atoms with Crippen LogP contribution in [0.1, 0.15) is 11.1 Å². The van der Waals surface area contributed by atoms with E-state index in [1.165, 1.54) is 7.11 Å². The van der Waals surface area contributed by atoms with Crippen molar-refractivity contribution in [2.24, 2.45) is 0 Å². The van der Waals surface area contributed by atoms with Gasteiger partial charge in [0.2, 0.25) is 0 Å². The van der Waals surface area contributed by atoms with Gasteiger partial charge >= 0.3 is 5.97 Å². The molecule has 0 saturated carbocycles.